The normalized spacial score (nSPS) is 17.4. The SMILES string of the molecule is CN1CCC(c2ccc(Cl)cc2F)c2ccc(-c3cccnn3)c(F)c2C1. The van der Waals surface area contributed by atoms with Crippen molar-refractivity contribution in [3.05, 3.63) is 82.0 Å². The van der Waals surface area contributed by atoms with Crippen LogP contribution in [0, 0.1) is 11.6 Å². The zero-order valence-electron chi connectivity index (χ0n) is 14.8. The second-order valence-electron chi connectivity index (χ2n) is 6.85. The first-order valence-corrected chi connectivity index (χ1v) is 9.15. The second-order valence-corrected chi connectivity index (χ2v) is 7.29. The second kappa shape index (κ2) is 7.33. The summed E-state index contributed by atoms with van der Waals surface area (Å²) in [7, 11) is 1.94. The largest absolute Gasteiger partial charge is 0.302 e. The molecule has 1 aliphatic rings. The highest BCUT2D eigenvalue weighted by Crippen LogP contribution is 2.38. The van der Waals surface area contributed by atoms with Gasteiger partial charge in [-0.05, 0) is 61.5 Å². The summed E-state index contributed by atoms with van der Waals surface area (Å²) >= 11 is 5.90. The van der Waals surface area contributed by atoms with Crippen molar-refractivity contribution in [1.82, 2.24) is 15.1 Å². The molecule has 2 heterocycles. The van der Waals surface area contributed by atoms with E-state index >= 15 is 4.39 Å². The maximum atomic E-state index is 15.4. The monoisotopic (exact) mass is 385 g/mol. The maximum Gasteiger partial charge on any atom is 0.137 e. The maximum absolute atomic E-state index is 15.4. The summed E-state index contributed by atoms with van der Waals surface area (Å²) in [6.07, 6.45) is 2.25. The topological polar surface area (TPSA) is 29.0 Å². The number of halogens is 3. The third-order valence-electron chi connectivity index (χ3n) is 5.07. The highest BCUT2D eigenvalue weighted by Gasteiger charge is 2.28. The van der Waals surface area contributed by atoms with Gasteiger partial charge in [-0.1, -0.05) is 23.7 Å². The lowest BCUT2D eigenvalue weighted by Gasteiger charge is -2.20. The molecule has 138 valence electrons. The molecule has 1 aromatic heterocycles. The van der Waals surface area contributed by atoms with E-state index in [4.69, 9.17) is 11.6 Å². The molecule has 3 nitrogen and oxygen atoms in total. The summed E-state index contributed by atoms with van der Waals surface area (Å²) in [6, 6.07) is 11.8. The Balaban J connectivity index is 1.87. The van der Waals surface area contributed by atoms with Crippen LogP contribution in [0.1, 0.15) is 29.0 Å². The fourth-order valence-corrected chi connectivity index (χ4v) is 3.89. The summed E-state index contributed by atoms with van der Waals surface area (Å²) in [4.78, 5) is 2.05. The van der Waals surface area contributed by atoms with Crippen molar-refractivity contribution in [1.29, 1.82) is 0 Å². The van der Waals surface area contributed by atoms with E-state index < -0.39 is 0 Å². The average Bonchev–Trinajstić information content (AvgIpc) is 2.82. The molecule has 0 N–H and O–H groups in total. The van der Waals surface area contributed by atoms with Crippen molar-refractivity contribution >= 4 is 11.6 Å². The lowest BCUT2D eigenvalue weighted by molar-refractivity contribution is 0.323. The van der Waals surface area contributed by atoms with Gasteiger partial charge < -0.3 is 4.90 Å². The van der Waals surface area contributed by atoms with Crippen molar-refractivity contribution in [2.45, 2.75) is 18.9 Å². The fourth-order valence-electron chi connectivity index (χ4n) is 3.73. The number of hydrogen-bond donors (Lipinski definition) is 0. The molecule has 4 rings (SSSR count). The molecule has 2 aromatic carbocycles. The predicted octanol–water partition coefficient (Wildman–Crippen LogP) is 5.04. The zero-order valence-corrected chi connectivity index (χ0v) is 15.5. The summed E-state index contributed by atoms with van der Waals surface area (Å²) in [5.41, 5.74) is 2.83. The molecule has 1 atom stereocenters. The molecular weight excluding hydrogens is 368 g/mol. The Hall–Kier alpha value is -2.37. The molecule has 0 aliphatic carbocycles. The van der Waals surface area contributed by atoms with Crippen molar-refractivity contribution < 1.29 is 8.78 Å². The molecule has 3 aromatic rings. The van der Waals surface area contributed by atoms with E-state index in [1.807, 2.05) is 13.1 Å². The lowest BCUT2D eigenvalue weighted by Crippen LogP contribution is -2.18. The van der Waals surface area contributed by atoms with Crippen LogP contribution in [0.3, 0.4) is 0 Å². The number of nitrogens with zero attached hydrogens (tertiary/aromatic N) is 3. The van der Waals surface area contributed by atoms with Gasteiger partial charge in [-0.15, -0.1) is 0 Å². The van der Waals surface area contributed by atoms with Crippen LogP contribution in [0.15, 0.2) is 48.7 Å². The first-order chi connectivity index (χ1) is 13.0. The summed E-state index contributed by atoms with van der Waals surface area (Å²) in [5, 5.41) is 8.22. The number of aromatic nitrogens is 2. The van der Waals surface area contributed by atoms with E-state index in [2.05, 4.69) is 15.1 Å². The Bertz CT molecular complexity index is 979. The van der Waals surface area contributed by atoms with Crippen LogP contribution in [-0.2, 0) is 6.54 Å². The fraction of sp³-hybridized carbons (Fsp3) is 0.238. The molecule has 6 heteroatoms. The van der Waals surface area contributed by atoms with Crippen LogP contribution in [0.2, 0.25) is 5.02 Å². The summed E-state index contributed by atoms with van der Waals surface area (Å²) in [6.45, 7) is 1.20. The van der Waals surface area contributed by atoms with E-state index in [0.29, 0.717) is 40.4 Å². The molecular formula is C21H18ClF2N3. The van der Waals surface area contributed by atoms with Crippen LogP contribution < -0.4 is 0 Å². The predicted molar refractivity (Wildman–Crippen MR) is 102 cm³/mol. The standard InChI is InChI=1S/C21H18ClF2N3/c1-27-10-8-15(16-5-4-13(22)11-19(16)23)14-6-7-17(21(24)18(14)12-27)20-3-2-9-25-26-20/h2-7,9,11,15H,8,10,12H2,1H3. The molecule has 1 aliphatic heterocycles. The van der Waals surface area contributed by atoms with Crippen LogP contribution in [0.4, 0.5) is 8.78 Å². The number of hydrogen-bond acceptors (Lipinski definition) is 3. The highest BCUT2D eigenvalue weighted by molar-refractivity contribution is 6.30. The molecule has 27 heavy (non-hydrogen) atoms. The van der Waals surface area contributed by atoms with Crippen LogP contribution in [-0.4, -0.2) is 28.7 Å². The smallest absolute Gasteiger partial charge is 0.137 e. The Morgan fingerprint density at radius 3 is 2.67 bits per heavy atom. The van der Waals surface area contributed by atoms with E-state index in [1.165, 1.54) is 6.07 Å². The van der Waals surface area contributed by atoms with Gasteiger partial charge in [-0.25, -0.2) is 8.78 Å². The molecule has 0 amide bonds. The highest BCUT2D eigenvalue weighted by atomic mass is 35.5. The quantitative estimate of drug-likeness (QED) is 0.618. The zero-order chi connectivity index (χ0) is 19.0. The Morgan fingerprint density at radius 2 is 1.93 bits per heavy atom. The molecule has 0 fully saturated rings. The Morgan fingerprint density at radius 1 is 1.11 bits per heavy atom. The van der Waals surface area contributed by atoms with Crippen molar-refractivity contribution in [2.75, 3.05) is 13.6 Å². The van der Waals surface area contributed by atoms with Crippen LogP contribution in [0.25, 0.3) is 11.3 Å². The van der Waals surface area contributed by atoms with E-state index in [9.17, 15) is 4.39 Å². The van der Waals surface area contributed by atoms with Gasteiger partial charge in [0.05, 0.1) is 5.69 Å². The van der Waals surface area contributed by atoms with Gasteiger partial charge in [0.25, 0.3) is 0 Å². The molecule has 0 saturated heterocycles. The minimum Gasteiger partial charge on any atom is -0.302 e. The average molecular weight is 386 g/mol. The third kappa shape index (κ3) is 3.45. The lowest BCUT2D eigenvalue weighted by atomic mass is 9.85. The van der Waals surface area contributed by atoms with Gasteiger partial charge in [0.1, 0.15) is 11.6 Å². The van der Waals surface area contributed by atoms with Gasteiger partial charge in [0, 0.05) is 34.8 Å². The van der Waals surface area contributed by atoms with Gasteiger partial charge >= 0.3 is 0 Å². The molecule has 0 saturated carbocycles. The first kappa shape index (κ1) is 18.0. The Kier molecular flexibility index (Phi) is 4.89. The van der Waals surface area contributed by atoms with Crippen molar-refractivity contribution in [2.24, 2.45) is 0 Å². The van der Waals surface area contributed by atoms with E-state index in [0.717, 1.165) is 12.1 Å². The summed E-state index contributed by atoms with van der Waals surface area (Å²) < 4.78 is 30.0. The number of rotatable bonds is 2. The van der Waals surface area contributed by atoms with E-state index in [-0.39, 0.29) is 17.6 Å². The first-order valence-electron chi connectivity index (χ1n) is 8.77. The van der Waals surface area contributed by atoms with Crippen LogP contribution >= 0.6 is 11.6 Å². The molecule has 0 bridgehead atoms. The van der Waals surface area contributed by atoms with Crippen molar-refractivity contribution in [3.63, 3.8) is 0 Å². The van der Waals surface area contributed by atoms with Gasteiger partial charge in [-0.2, -0.15) is 10.2 Å². The van der Waals surface area contributed by atoms with E-state index in [1.54, 1.807) is 36.5 Å². The summed E-state index contributed by atoms with van der Waals surface area (Å²) in [5.74, 6) is -0.907. The number of fused-ring (bicyclic) bond motifs is 1. The molecule has 0 spiro atoms. The van der Waals surface area contributed by atoms with Crippen LogP contribution in [0.5, 0.6) is 0 Å². The minimum absolute atomic E-state index is 0.229. The van der Waals surface area contributed by atoms with Gasteiger partial charge in [0.2, 0.25) is 0 Å². The minimum atomic E-state index is -0.360. The molecule has 0 radical (unpaired) electrons. The van der Waals surface area contributed by atoms with Gasteiger partial charge in [0.15, 0.2) is 0 Å². The van der Waals surface area contributed by atoms with Gasteiger partial charge in [-0.3, -0.25) is 0 Å². The van der Waals surface area contributed by atoms with Crippen molar-refractivity contribution in [3.8, 4) is 11.3 Å². The third-order valence-corrected chi connectivity index (χ3v) is 5.30. The Labute approximate surface area is 161 Å². The number of benzene rings is 2. The molecule has 1 unspecified atom stereocenters.